The Hall–Kier alpha value is -3.61. The number of hydrogen-bond acceptors (Lipinski definition) is 5. The lowest BCUT2D eigenvalue weighted by Crippen LogP contribution is -2.21. The molecule has 2 heterocycles. The van der Waals surface area contributed by atoms with Gasteiger partial charge in [0.15, 0.2) is 11.2 Å². The molecule has 0 fully saturated rings. The first-order valence-corrected chi connectivity index (χ1v) is 8.39. The summed E-state index contributed by atoms with van der Waals surface area (Å²) in [7, 11) is 1.55. The van der Waals surface area contributed by atoms with Crippen molar-refractivity contribution in [2.75, 3.05) is 12.4 Å². The maximum Gasteiger partial charge on any atom is 0.245 e. The lowest BCUT2D eigenvalue weighted by molar-refractivity contribution is -0.116. The Morgan fingerprint density at radius 3 is 2.67 bits per heavy atom. The van der Waals surface area contributed by atoms with Crippen LogP contribution >= 0.6 is 0 Å². The minimum absolute atomic E-state index is 0.0233. The minimum Gasteiger partial charge on any atom is -0.497 e. The standard InChI is InChI=1S/C20H17N3O4/c1-12-9-18(22-27-12)21-19(24)11-23-16-6-4-3-5-14(16)20(25)15-10-13(26-2)7-8-17(15)23/h3-10H,11H2,1-2H3,(H,21,22,24). The predicted molar refractivity (Wildman–Crippen MR) is 102 cm³/mol. The fraction of sp³-hybridized carbons (Fsp3) is 0.150. The number of para-hydroxylation sites is 1. The van der Waals surface area contributed by atoms with E-state index in [9.17, 15) is 9.59 Å². The number of ether oxygens (including phenoxy) is 1. The van der Waals surface area contributed by atoms with Gasteiger partial charge in [-0.2, -0.15) is 0 Å². The highest BCUT2D eigenvalue weighted by molar-refractivity contribution is 5.97. The molecular weight excluding hydrogens is 346 g/mol. The van der Waals surface area contributed by atoms with Crippen LogP contribution in [0.2, 0.25) is 0 Å². The molecule has 136 valence electrons. The van der Waals surface area contributed by atoms with E-state index in [0.29, 0.717) is 39.1 Å². The summed E-state index contributed by atoms with van der Waals surface area (Å²) in [6, 6.07) is 14.1. The van der Waals surface area contributed by atoms with Crippen LogP contribution < -0.4 is 15.5 Å². The number of fused-ring (bicyclic) bond motifs is 2. The molecule has 7 nitrogen and oxygen atoms in total. The SMILES string of the molecule is COc1ccc2c(c1)c(=O)c1ccccc1n2CC(=O)Nc1cc(C)on1. The van der Waals surface area contributed by atoms with Gasteiger partial charge in [-0.1, -0.05) is 17.3 Å². The average molecular weight is 363 g/mol. The van der Waals surface area contributed by atoms with Crippen molar-refractivity contribution < 1.29 is 14.1 Å². The van der Waals surface area contributed by atoms with Gasteiger partial charge < -0.3 is 19.1 Å². The zero-order valence-corrected chi connectivity index (χ0v) is 14.9. The second-order valence-electron chi connectivity index (χ2n) is 6.19. The molecule has 0 spiro atoms. The second kappa shape index (κ2) is 6.60. The highest BCUT2D eigenvalue weighted by Crippen LogP contribution is 2.23. The molecule has 0 bridgehead atoms. The number of aromatic nitrogens is 2. The number of nitrogens with one attached hydrogen (secondary N) is 1. The largest absolute Gasteiger partial charge is 0.497 e. The van der Waals surface area contributed by atoms with Gasteiger partial charge >= 0.3 is 0 Å². The molecule has 4 rings (SSSR count). The van der Waals surface area contributed by atoms with E-state index in [4.69, 9.17) is 9.26 Å². The molecule has 1 N–H and O–H groups in total. The molecular formula is C20H17N3O4. The van der Waals surface area contributed by atoms with E-state index in [1.54, 1.807) is 50.4 Å². The highest BCUT2D eigenvalue weighted by atomic mass is 16.5. The molecule has 0 aliphatic heterocycles. The smallest absolute Gasteiger partial charge is 0.245 e. The van der Waals surface area contributed by atoms with Gasteiger partial charge in [-0.3, -0.25) is 9.59 Å². The van der Waals surface area contributed by atoms with E-state index in [0.717, 1.165) is 0 Å². The van der Waals surface area contributed by atoms with E-state index >= 15 is 0 Å². The summed E-state index contributed by atoms with van der Waals surface area (Å²) in [6.45, 7) is 1.77. The van der Waals surface area contributed by atoms with Gasteiger partial charge in [0.05, 0.1) is 18.1 Å². The fourth-order valence-electron chi connectivity index (χ4n) is 3.16. The van der Waals surface area contributed by atoms with Crippen molar-refractivity contribution in [2.45, 2.75) is 13.5 Å². The Bertz CT molecular complexity index is 1220. The predicted octanol–water partition coefficient (Wildman–Crippen LogP) is 3.10. The van der Waals surface area contributed by atoms with Gasteiger partial charge in [-0.25, -0.2) is 0 Å². The molecule has 27 heavy (non-hydrogen) atoms. The average Bonchev–Trinajstić information content (AvgIpc) is 3.09. The van der Waals surface area contributed by atoms with Crippen molar-refractivity contribution in [1.82, 2.24) is 9.72 Å². The Morgan fingerprint density at radius 2 is 1.93 bits per heavy atom. The van der Waals surface area contributed by atoms with Crippen LogP contribution in [0.4, 0.5) is 5.82 Å². The molecule has 0 radical (unpaired) electrons. The number of rotatable bonds is 4. The molecule has 0 saturated heterocycles. The van der Waals surface area contributed by atoms with Crippen molar-refractivity contribution in [3.8, 4) is 5.75 Å². The molecule has 0 saturated carbocycles. The van der Waals surface area contributed by atoms with Crippen molar-refractivity contribution in [3.05, 3.63) is 64.5 Å². The molecule has 7 heteroatoms. The number of carbonyl (C=O) groups is 1. The van der Waals surface area contributed by atoms with Crippen LogP contribution in [0.1, 0.15) is 5.76 Å². The number of hydrogen-bond donors (Lipinski definition) is 1. The molecule has 1 amide bonds. The number of methoxy groups -OCH3 is 1. The zero-order valence-electron chi connectivity index (χ0n) is 14.9. The van der Waals surface area contributed by atoms with Crippen molar-refractivity contribution in [1.29, 1.82) is 0 Å². The van der Waals surface area contributed by atoms with Crippen LogP contribution in [-0.2, 0) is 11.3 Å². The van der Waals surface area contributed by atoms with Crippen LogP contribution in [0.25, 0.3) is 21.8 Å². The van der Waals surface area contributed by atoms with E-state index < -0.39 is 0 Å². The third kappa shape index (κ3) is 3.03. The topological polar surface area (TPSA) is 86.4 Å². The quantitative estimate of drug-likeness (QED) is 0.563. The van der Waals surface area contributed by atoms with Gasteiger partial charge in [0.1, 0.15) is 18.1 Å². The third-order valence-electron chi connectivity index (χ3n) is 4.38. The lowest BCUT2D eigenvalue weighted by Gasteiger charge is -2.15. The van der Waals surface area contributed by atoms with Crippen LogP contribution in [0, 0.1) is 6.92 Å². The monoisotopic (exact) mass is 363 g/mol. The first-order valence-electron chi connectivity index (χ1n) is 8.39. The van der Waals surface area contributed by atoms with Crippen LogP contribution in [0.15, 0.2) is 57.8 Å². The van der Waals surface area contributed by atoms with Crippen molar-refractivity contribution in [3.63, 3.8) is 0 Å². The minimum atomic E-state index is -0.269. The lowest BCUT2D eigenvalue weighted by atomic mass is 10.1. The van der Waals surface area contributed by atoms with Gasteiger partial charge in [-0.15, -0.1) is 0 Å². The summed E-state index contributed by atoms with van der Waals surface area (Å²) in [5.41, 5.74) is 1.25. The van der Waals surface area contributed by atoms with E-state index in [2.05, 4.69) is 10.5 Å². The molecule has 2 aromatic heterocycles. The highest BCUT2D eigenvalue weighted by Gasteiger charge is 2.14. The number of pyridine rings is 1. The molecule has 2 aromatic carbocycles. The van der Waals surface area contributed by atoms with Crippen molar-refractivity contribution >= 4 is 33.5 Å². The van der Waals surface area contributed by atoms with Gasteiger partial charge in [0.2, 0.25) is 5.91 Å². The van der Waals surface area contributed by atoms with Gasteiger partial charge in [0, 0.05) is 16.8 Å². The van der Waals surface area contributed by atoms with Gasteiger partial charge in [-0.05, 0) is 37.3 Å². The Balaban J connectivity index is 1.85. The molecule has 4 aromatic rings. The summed E-state index contributed by atoms with van der Waals surface area (Å²) in [5.74, 6) is 1.28. The maximum absolute atomic E-state index is 12.9. The maximum atomic E-state index is 12.9. The number of anilines is 1. The first kappa shape index (κ1) is 16.8. The van der Waals surface area contributed by atoms with Gasteiger partial charge in [0.25, 0.3) is 0 Å². The Labute approximate surface area is 154 Å². The molecule has 0 aliphatic rings. The van der Waals surface area contributed by atoms with Crippen molar-refractivity contribution in [2.24, 2.45) is 0 Å². The van der Waals surface area contributed by atoms with E-state index in [1.165, 1.54) is 0 Å². The normalized spacial score (nSPS) is 11.0. The number of aryl methyl sites for hydroxylation is 1. The number of benzene rings is 2. The second-order valence-corrected chi connectivity index (χ2v) is 6.19. The van der Waals surface area contributed by atoms with Crippen LogP contribution in [0.3, 0.4) is 0 Å². The summed E-state index contributed by atoms with van der Waals surface area (Å²) in [6.07, 6.45) is 0. The third-order valence-corrected chi connectivity index (χ3v) is 4.38. The summed E-state index contributed by atoms with van der Waals surface area (Å²) in [4.78, 5) is 25.5. The van der Waals surface area contributed by atoms with Crippen LogP contribution in [0.5, 0.6) is 5.75 Å². The first-order chi connectivity index (χ1) is 13.1. The summed E-state index contributed by atoms with van der Waals surface area (Å²) in [5, 5.41) is 7.53. The molecule has 0 aliphatic carbocycles. The molecule has 0 unspecified atom stereocenters. The number of amides is 1. The van der Waals surface area contributed by atoms with E-state index in [1.807, 2.05) is 16.7 Å². The van der Waals surface area contributed by atoms with Crippen LogP contribution in [-0.4, -0.2) is 22.7 Å². The Morgan fingerprint density at radius 1 is 1.15 bits per heavy atom. The number of carbonyl (C=O) groups excluding carboxylic acids is 1. The zero-order chi connectivity index (χ0) is 19.0. The molecule has 0 atom stereocenters. The fourth-order valence-corrected chi connectivity index (χ4v) is 3.16. The number of nitrogens with zero attached hydrogens (tertiary/aromatic N) is 2. The summed E-state index contributed by atoms with van der Waals surface area (Å²) >= 11 is 0. The van der Waals surface area contributed by atoms with E-state index in [-0.39, 0.29) is 17.9 Å². The summed E-state index contributed by atoms with van der Waals surface area (Å²) < 4.78 is 12.0. The Kier molecular flexibility index (Phi) is 4.12.